The van der Waals surface area contributed by atoms with Gasteiger partial charge in [0.25, 0.3) is 0 Å². The number of pyridine rings is 1. The maximum absolute atomic E-state index is 13.2. The molecule has 0 fully saturated rings. The van der Waals surface area contributed by atoms with Crippen LogP contribution in [0.15, 0.2) is 47.6 Å². The van der Waals surface area contributed by atoms with Crippen molar-refractivity contribution in [1.82, 2.24) is 20.6 Å². The fourth-order valence-corrected chi connectivity index (χ4v) is 3.41. The highest BCUT2D eigenvalue weighted by Gasteiger charge is 2.06. The summed E-state index contributed by atoms with van der Waals surface area (Å²) in [6, 6.07) is 9.62. The Hall–Kier alpha value is -2.27. The molecule has 0 radical (unpaired) electrons. The molecule has 0 unspecified atom stereocenters. The van der Waals surface area contributed by atoms with Crippen LogP contribution in [0.2, 0.25) is 0 Å². The number of rotatable bonds is 6. The second-order valence-corrected chi connectivity index (χ2v) is 7.37. The van der Waals surface area contributed by atoms with Crippen molar-refractivity contribution in [2.45, 2.75) is 26.9 Å². The molecule has 154 valence electrons. The summed E-state index contributed by atoms with van der Waals surface area (Å²) in [6.07, 6.45) is 1.71. The summed E-state index contributed by atoms with van der Waals surface area (Å²) in [5.74, 6) is 1.18. The quantitative estimate of drug-likeness (QED) is 0.279. The minimum Gasteiger partial charge on any atom is -0.439 e. The van der Waals surface area contributed by atoms with Crippen LogP contribution in [0.25, 0.3) is 0 Å². The SMILES string of the molecule is CN=C(NCc1ccc(Oc2cccc(F)c2)nc1)NCc1sc(C)nc1C.I. The van der Waals surface area contributed by atoms with Gasteiger partial charge in [-0.1, -0.05) is 12.1 Å². The van der Waals surface area contributed by atoms with E-state index in [1.165, 1.54) is 17.0 Å². The molecule has 0 aliphatic carbocycles. The Morgan fingerprint density at radius 3 is 2.59 bits per heavy atom. The monoisotopic (exact) mass is 527 g/mol. The van der Waals surface area contributed by atoms with Crippen molar-refractivity contribution in [3.63, 3.8) is 0 Å². The fourth-order valence-electron chi connectivity index (χ4n) is 2.53. The Balaban J connectivity index is 0.00000300. The van der Waals surface area contributed by atoms with Gasteiger partial charge in [0.1, 0.15) is 11.6 Å². The zero-order valence-electron chi connectivity index (χ0n) is 16.4. The van der Waals surface area contributed by atoms with E-state index in [2.05, 4.69) is 25.6 Å². The maximum Gasteiger partial charge on any atom is 0.219 e. The molecule has 2 heterocycles. The molecule has 2 N–H and O–H groups in total. The van der Waals surface area contributed by atoms with Crippen molar-refractivity contribution in [3.8, 4) is 11.6 Å². The molecule has 3 rings (SSSR count). The lowest BCUT2D eigenvalue weighted by Gasteiger charge is -2.12. The number of benzene rings is 1. The lowest BCUT2D eigenvalue weighted by Crippen LogP contribution is -2.36. The third-order valence-electron chi connectivity index (χ3n) is 3.92. The van der Waals surface area contributed by atoms with E-state index in [1.807, 2.05) is 19.9 Å². The molecule has 0 spiro atoms. The maximum atomic E-state index is 13.2. The molecule has 6 nitrogen and oxygen atoms in total. The molecule has 0 aliphatic heterocycles. The van der Waals surface area contributed by atoms with Gasteiger partial charge in [-0.05, 0) is 31.5 Å². The molecule has 0 bridgehead atoms. The van der Waals surface area contributed by atoms with Gasteiger partial charge in [-0.25, -0.2) is 14.4 Å². The van der Waals surface area contributed by atoms with E-state index in [9.17, 15) is 4.39 Å². The Morgan fingerprint density at radius 2 is 1.97 bits per heavy atom. The molecule has 2 aromatic heterocycles. The normalized spacial score (nSPS) is 11.0. The summed E-state index contributed by atoms with van der Waals surface area (Å²) >= 11 is 1.68. The van der Waals surface area contributed by atoms with Gasteiger partial charge >= 0.3 is 0 Å². The van der Waals surface area contributed by atoms with Gasteiger partial charge in [0.2, 0.25) is 5.88 Å². The third kappa shape index (κ3) is 6.93. The predicted octanol–water partition coefficient (Wildman–Crippen LogP) is 4.57. The molecule has 0 atom stereocenters. The number of aromatic nitrogens is 2. The summed E-state index contributed by atoms with van der Waals surface area (Å²) in [5.41, 5.74) is 2.02. The van der Waals surface area contributed by atoms with E-state index in [4.69, 9.17) is 4.74 Å². The first kappa shape index (κ1) is 23.0. The van der Waals surface area contributed by atoms with E-state index in [-0.39, 0.29) is 29.8 Å². The Morgan fingerprint density at radius 1 is 1.17 bits per heavy atom. The van der Waals surface area contributed by atoms with E-state index in [0.29, 0.717) is 30.7 Å². The Labute approximate surface area is 190 Å². The highest BCUT2D eigenvalue weighted by atomic mass is 127. The number of hydrogen-bond donors (Lipinski definition) is 2. The van der Waals surface area contributed by atoms with Gasteiger partial charge in [0.05, 0.1) is 17.2 Å². The number of halogens is 2. The van der Waals surface area contributed by atoms with Gasteiger partial charge in [-0.15, -0.1) is 35.3 Å². The number of nitrogens with one attached hydrogen (secondary N) is 2. The Kier molecular flexibility index (Phi) is 8.77. The number of aryl methyl sites for hydroxylation is 2. The molecule has 0 saturated heterocycles. The largest absolute Gasteiger partial charge is 0.439 e. The molecule has 0 saturated carbocycles. The van der Waals surface area contributed by atoms with Gasteiger partial charge in [-0.2, -0.15) is 0 Å². The molecule has 0 amide bonds. The standard InChI is InChI=1S/C20H22FN5OS.HI/c1-13-18(28-14(2)26-13)12-25-20(22-3)24-11-15-7-8-19(23-10-15)27-17-6-4-5-16(21)9-17;/h4-10H,11-12H2,1-3H3,(H2,22,24,25);1H. The highest BCUT2D eigenvalue weighted by Crippen LogP contribution is 2.20. The highest BCUT2D eigenvalue weighted by molar-refractivity contribution is 14.0. The van der Waals surface area contributed by atoms with Crippen LogP contribution in [0.5, 0.6) is 11.6 Å². The van der Waals surface area contributed by atoms with Gasteiger partial charge in [-0.3, -0.25) is 4.99 Å². The van der Waals surface area contributed by atoms with Crippen molar-refractivity contribution >= 4 is 41.3 Å². The molecular weight excluding hydrogens is 504 g/mol. The molecule has 1 aromatic carbocycles. The van der Waals surface area contributed by atoms with Crippen LogP contribution < -0.4 is 15.4 Å². The second kappa shape index (κ2) is 11.1. The van der Waals surface area contributed by atoms with Crippen molar-refractivity contribution in [2.75, 3.05) is 7.05 Å². The van der Waals surface area contributed by atoms with Crippen LogP contribution in [0.1, 0.15) is 21.1 Å². The van der Waals surface area contributed by atoms with Crippen molar-refractivity contribution < 1.29 is 9.13 Å². The zero-order valence-corrected chi connectivity index (χ0v) is 19.5. The number of ether oxygens (including phenoxy) is 1. The van der Waals surface area contributed by atoms with E-state index < -0.39 is 0 Å². The summed E-state index contributed by atoms with van der Waals surface area (Å²) in [4.78, 5) is 14.1. The lowest BCUT2D eigenvalue weighted by molar-refractivity contribution is 0.457. The first-order valence-corrected chi connectivity index (χ1v) is 9.61. The average molecular weight is 527 g/mol. The summed E-state index contributed by atoms with van der Waals surface area (Å²) < 4.78 is 18.8. The molecule has 9 heteroatoms. The van der Waals surface area contributed by atoms with Gasteiger partial charge in [0.15, 0.2) is 5.96 Å². The van der Waals surface area contributed by atoms with Crippen LogP contribution in [-0.2, 0) is 13.1 Å². The molecular formula is C20H23FIN5OS. The van der Waals surface area contributed by atoms with Gasteiger partial charge < -0.3 is 15.4 Å². The van der Waals surface area contributed by atoms with Gasteiger partial charge in [0, 0.05) is 36.8 Å². The molecule has 29 heavy (non-hydrogen) atoms. The number of hydrogen-bond acceptors (Lipinski definition) is 5. The van der Waals surface area contributed by atoms with Crippen molar-refractivity contribution in [3.05, 3.63) is 69.6 Å². The summed E-state index contributed by atoms with van der Waals surface area (Å²) in [6.45, 7) is 5.25. The van der Waals surface area contributed by atoms with E-state index >= 15 is 0 Å². The van der Waals surface area contributed by atoms with Crippen LogP contribution in [0.3, 0.4) is 0 Å². The fraction of sp³-hybridized carbons (Fsp3) is 0.250. The minimum atomic E-state index is -0.346. The topological polar surface area (TPSA) is 71.4 Å². The van der Waals surface area contributed by atoms with Crippen LogP contribution in [0, 0.1) is 19.7 Å². The number of aliphatic imine (C=N–C) groups is 1. The van der Waals surface area contributed by atoms with Crippen molar-refractivity contribution in [2.24, 2.45) is 4.99 Å². The third-order valence-corrected chi connectivity index (χ3v) is 4.99. The van der Waals surface area contributed by atoms with Crippen molar-refractivity contribution in [1.29, 1.82) is 0 Å². The second-order valence-electron chi connectivity index (χ2n) is 6.08. The lowest BCUT2D eigenvalue weighted by atomic mass is 10.3. The zero-order chi connectivity index (χ0) is 19.9. The summed E-state index contributed by atoms with van der Waals surface area (Å²) in [5, 5.41) is 7.60. The van der Waals surface area contributed by atoms with Crippen LogP contribution >= 0.6 is 35.3 Å². The molecule has 0 aliphatic rings. The minimum absolute atomic E-state index is 0. The summed E-state index contributed by atoms with van der Waals surface area (Å²) in [7, 11) is 1.73. The number of nitrogens with zero attached hydrogens (tertiary/aromatic N) is 3. The van der Waals surface area contributed by atoms with E-state index in [1.54, 1.807) is 42.8 Å². The van der Waals surface area contributed by atoms with E-state index in [0.717, 1.165) is 16.3 Å². The van der Waals surface area contributed by atoms with Crippen LogP contribution in [0.4, 0.5) is 4.39 Å². The smallest absolute Gasteiger partial charge is 0.219 e. The Bertz CT molecular complexity index is 962. The molecule has 3 aromatic rings. The predicted molar refractivity (Wildman–Crippen MR) is 125 cm³/mol. The first-order chi connectivity index (χ1) is 13.5. The first-order valence-electron chi connectivity index (χ1n) is 8.79. The average Bonchev–Trinajstić information content (AvgIpc) is 3.00. The number of guanidine groups is 1. The number of thiazole rings is 1. The van der Waals surface area contributed by atoms with Crippen LogP contribution in [-0.4, -0.2) is 23.0 Å².